The molecule has 3 heteroatoms. The topological polar surface area (TPSA) is 51.2 Å². The van der Waals surface area contributed by atoms with Gasteiger partial charge < -0.3 is 15.5 Å². The fourth-order valence-corrected chi connectivity index (χ4v) is 1.49. The predicted octanol–water partition coefficient (Wildman–Crippen LogP) is 2.58. The highest BCUT2D eigenvalue weighted by atomic mass is 16.3. The van der Waals surface area contributed by atoms with E-state index < -0.39 is 0 Å². The number of benzene rings is 1. The van der Waals surface area contributed by atoms with Gasteiger partial charge in [-0.1, -0.05) is 12.1 Å². The molecule has 0 aliphatic heterocycles. The molecule has 1 heterocycles. The average molecular weight is 204 g/mol. The summed E-state index contributed by atoms with van der Waals surface area (Å²) >= 11 is 0. The van der Waals surface area contributed by atoms with E-state index in [1.165, 1.54) is 0 Å². The second kappa shape index (κ2) is 3.59. The molecule has 0 aliphatic carbocycles. The van der Waals surface area contributed by atoms with Gasteiger partial charge in [-0.05, 0) is 26.0 Å². The van der Waals surface area contributed by atoms with Crippen molar-refractivity contribution in [2.24, 2.45) is 5.73 Å². The summed E-state index contributed by atoms with van der Waals surface area (Å²) in [5.41, 5.74) is 7.45. The van der Waals surface area contributed by atoms with E-state index in [2.05, 4.69) is 19.2 Å². The van der Waals surface area contributed by atoms with Crippen LogP contribution in [0, 0.1) is 0 Å². The number of nitrogens with two attached hydrogens (primary N) is 1. The Labute approximate surface area is 89.3 Å². The van der Waals surface area contributed by atoms with Gasteiger partial charge in [-0.3, -0.25) is 0 Å². The molecule has 3 N–H and O–H groups in total. The molecule has 2 rings (SSSR count). The number of para-hydroxylation sites is 1. The normalized spacial score (nSPS) is 11.9. The maximum Gasteiger partial charge on any atom is 0.136 e. The van der Waals surface area contributed by atoms with Crippen LogP contribution in [0.25, 0.3) is 11.0 Å². The van der Waals surface area contributed by atoms with Gasteiger partial charge in [0.15, 0.2) is 0 Å². The van der Waals surface area contributed by atoms with Gasteiger partial charge in [0.25, 0.3) is 0 Å². The molecule has 2 aromatic rings. The minimum Gasteiger partial charge on any atom is -0.462 e. The summed E-state index contributed by atoms with van der Waals surface area (Å²) < 4.78 is 5.44. The Morgan fingerprint density at radius 3 is 2.80 bits per heavy atom. The first-order chi connectivity index (χ1) is 7.12. The third-order valence-electron chi connectivity index (χ3n) is 2.46. The zero-order valence-corrected chi connectivity index (χ0v) is 9.08. The molecule has 80 valence electrons. The van der Waals surface area contributed by atoms with E-state index in [0.29, 0.717) is 6.54 Å². The van der Waals surface area contributed by atoms with Gasteiger partial charge >= 0.3 is 0 Å². The van der Waals surface area contributed by atoms with E-state index in [9.17, 15) is 0 Å². The maximum atomic E-state index is 5.67. The lowest BCUT2D eigenvalue weighted by Crippen LogP contribution is -2.39. The smallest absolute Gasteiger partial charge is 0.136 e. The van der Waals surface area contributed by atoms with Crippen LogP contribution in [-0.4, -0.2) is 12.1 Å². The highest BCUT2D eigenvalue weighted by Crippen LogP contribution is 2.27. The number of hydrogen-bond donors (Lipinski definition) is 2. The van der Waals surface area contributed by atoms with Crippen LogP contribution < -0.4 is 11.1 Å². The van der Waals surface area contributed by atoms with Crippen molar-refractivity contribution < 1.29 is 4.42 Å². The zero-order chi connectivity index (χ0) is 10.9. The van der Waals surface area contributed by atoms with E-state index in [1.807, 2.05) is 24.3 Å². The Bertz CT molecular complexity index is 459. The molecule has 0 radical (unpaired) electrons. The van der Waals surface area contributed by atoms with E-state index >= 15 is 0 Å². The molecule has 1 aromatic heterocycles. The first-order valence-corrected chi connectivity index (χ1v) is 5.07. The second-order valence-corrected chi connectivity index (χ2v) is 4.36. The van der Waals surface area contributed by atoms with Gasteiger partial charge in [0.2, 0.25) is 0 Å². The van der Waals surface area contributed by atoms with Crippen molar-refractivity contribution in [1.29, 1.82) is 0 Å². The molecule has 0 amide bonds. The Morgan fingerprint density at radius 1 is 1.33 bits per heavy atom. The van der Waals surface area contributed by atoms with Crippen molar-refractivity contribution in [2.45, 2.75) is 19.4 Å². The van der Waals surface area contributed by atoms with Crippen molar-refractivity contribution in [3.63, 3.8) is 0 Å². The van der Waals surface area contributed by atoms with Gasteiger partial charge in [0, 0.05) is 17.5 Å². The van der Waals surface area contributed by atoms with E-state index in [-0.39, 0.29) is 5.54 Å². The fraction of sp³-hybridized carbons (Fsp3) is 0.333. The van der Waals surface area contributed by atoms with Gasteiger partial charge in [-0.25, -0.2) is 0 Å². The maximum absolute atomic E-state index is 5.67. The summed E-state index contributed by atoms with van der Waals surface area (Å²) in [5.74, 6) is 0. The van der Waals surface area contributed by atoms with Gasteiger partial charge in [0.1, 0.15) is 11.8 Å². The largest absolute Gasteiger partial charge is 0.462 e. The predicted molar refractivity (Wildman–Crippen MR) is 63.0 cm³/mol. The van der Waals surface area contributed by atoms with Crippen LogP contribution in [0.15, 0.2) is 34.9 Å². The molecule has 0 unspecified atom stereocenters. The van der Waals surface area contributed by atoms with Crippen molar-refractivity contribution in [1.82, 2.24) is 0 Å². The van der Waals surface area contributed by atoms with E-state index in [1.54, 1.807) is 6.26 Å². The summed E-state index contributed by atoms with van der Waals surface area (Å²) in [4.78, 5) is 0. The Balaban J connectivity index is 2.37. The first-order valence-electron chi connectivity index (χ1n) is 5.07. The molecule has 0 bridgehead atoms. The summed E-state index contributed by atoms with van der Waals surface area (Å²) in [6.07, 6.45) is 1.74. The summed E-state index contributed by atoms with van der Waals surface area (Å²) in [6, 6.07) is 7.95. The lowest BCUT2D eigenvalue weighted by atomic mass is 10.1. The molecular formula is C12H16N2O. The summed E-state index contributed by atoms with van der Waals surface area (Å²) in [5, 5.41) is 4.47. The summed E-state index contributed by atoms with van der Waals surface area (Å²) in [7, 11) is 0. The van der Waals surface area contributed by atoms with Crippen molar-refractivity contribution in [3.8, 4) is 0 Å². The SMILES string of the molecule is CC(C)(CN)Nc1coc2ccccc12. The van der Waals surface area contributed by atoms with Crippen LogP contribution >= 0.6 is 0 Å². The molecular weight excluding hydrogens is 188 g/mol. The standard InChI is InChI=1S/C12H16N2O/c1-12(2,8-13)14-10-7-15-11-6-4-3-5-9(10)11/h3-7,14H,8,13H2,1-2H3. The van der Waals surface area contributed by atoms with Crippen molar-refractivity contribution in [2.75, 3.05) is 11.9 Å². The number of furan rings is 1. The molecule has 0 fully saturated rings. The molecule has 0 aliphatic rings. The van der Waals surface area contributed by atoms with Crippen LogP contribution in [0.2, 0.25) is 0 Å². The van der Waals surface area contributed by atoms with Gasteiger partial charge in [-0.15, -0.1) is 0 Å². The van der Waals surface area contributed by atoms with Crippen molar-refractivity contribution >= 4 is 16.7 Å². The highest BCUT2D eigenvalue weighted by molar-refractivity contribution is 5.90. The Morgan fingerprint density at radius 2 is 2.07 bits per heavy atom. The van der Waals surface area contributed by atoms with Crippen LogP contribution in [-0.2, 0) is 0 Å². The minimum absolute atomic E-state index is 0.118. The quantitative estimate of drug-likeness (QED) is 0.808. The minimum atomic E-state index is -0.118. The van der Waals surface area contributed by atoms with E-state index in [0.717, 1.165) is 16.7 Å². The molecule has 3 nitrogen and oxygen atoms in total. The lowest BCUT2D eigenvalue weighted by Gasteiger charge is -2.24. The Hall–Kier alpha value is -1.48. The monoisotopic (exact) mass is 204 g/mol. The van der Waals surface area contributed by atoms with Crippen LogP contribution in [0.3, 0.4) is 0 Å². The van der Waals surface area contributed by atoms with Crippen LogP contribution in [0.4, 0.5) is 5.69 Å². The third-order valence-corrected chi connectivity index (χ3v) is 2.46. The van der Waals surface area contributed by atoms with E-state index in [4.69, 9.17) is 10.2 Å². The summed E-state index contributed by atoms with van der Waals surface area (Å²) in [6.45, 7) is 4.70. The number of rotatable bonds is 3. The number of fused-ring (bicyclic) bond motifs is 1. The second-order valence-electron chi connectivity index (χ2n) is 4.36. The lowest BCUT2D eigenvalue weighted by molar-refractivity contribution is 0.573. The zero-order valence-electron chi connectivity index (χ0n) is 9.08. The first kappa shape index (κ1) is 10.1. The Kier molecular flexibility index (Phi) is 2.40. The average Bonchev–Trinajstić information content (AvgIpc) is 2.62. The van der Waals surface area contributed by atoms with Gasteiger partial charge in [-0.2, -0.15) is 0 Å². The molecule has 1 aromatic carbocycles. The van der Waals surface area contributed by atoms with Crippen LogP contribution in [0.5, 0.6) is 0 Å². The molecule has 0 saturated heterocycles. The highest BCUT2D eigenvalue weighted by Gasteiger charge is 2.17. The molecule has 0 atom stereocenters. The molecule has 15 heavy (non-hydrogen) atoms. The van der Waals surface area contributed by atoms with Crippen molar-refractivity contribution in [3.05, 3.63) is 30.5 Å². The molecule has 0 saturated carbocycles. The number of nitrogens with one attached hydrogen (secondary N) is 1. The number of hydrogen-bond acceptors (Lipinski definition) is 3. The van der Waals surface area contributed by atoms with Crippen LogP contribution in [0.1, 0.15) is 13.8 Å². The number of anilines is 1. The van der Waals surface area contributed by atoms with Gasteiger partial charge in [0.05, 0.1) is 5.69 Å². The fourth-order valence-electron chi connectivity index (χ4n) is 1.49. The molecule has 0 spiro atoms. The third kappa shape index (κ3) is 1.97.